The molecule has 1 aromatic carbocycles. The summed E-state index contributed by atoms with van der Waals surface area (Å²) in [5, 5.41) is 14.1. The van der Waals surface area contributed by atoms with Crippen LogP contribution in [-0.2, 0) is 6.42 Å². The van der Waals surface area contributed by atoms with Crippen LogP contribution in [0.2, 0.25) is 0 Å². The van der Waals surface area contributed by atoms with Crippen LogP contribution in [0.15, 0.2) is 57.9 Å². The smallest absolute Gasteiger partial charge is 0.159 e. The van der Waals surface area contributed by atoms with Gasteiger partial charge in [-0.05, 0) is 43.0 Å². The number of hydrogen-bond acceptors (Lipinski definition) is 4. The van der Waals surface area contributed by atoms with Crippen molar-refractivity contribution in [1.29, 1.82) is 5.26 Å². The van der Waals surface area contributed by atoms with Gasteiger partial charge in [-0.25, -0.2) is 0 Å². The number of aryl methyl sites for hydroxylation is 1. The van der Waals surface area contributed by atoms with Crippen LogP contribution < -0.4 is 10.2 Å². The molecule has 122 valence electrons. The highest BCUT2D eigenvalue weighted by atomic mass is 35.5. The Morgan fingerprint density at radius 2 is 2.29 bits per heavy atom. The molecular weight excluding hydrogens is 322 g/mol. The minimum Gasteiger partial charge on any atom is -0.454 e. The van der Waals surface area contributed by atoms with E-state index < -0.39 is 0 Å². The van der Waals surface area contributed by atoms with Gasteiger partial charge in [0.15, 0.2) is 5.76 Å². The monoisotopic (exact) mass is 339 g/mol. The van der Waals surface area contributed by atoms with Crippen LogP contribution in [0.1, 0.15) is 24.0 Å². The molecule has 0 saturated heterocycles. The molecule has 0 amide bonds. The molecule has 0 atom stereocenters. The Bertz CT molecular complexity index is 812. The summed E-state index contributed by atoms with van der Waals surface area (Å²) >= 11 is 6.24. The van der Waals surface area contributed by atoms with Gasteiger partial charge in [0.05, 0.1) is 28.9 Å². The molecule has 0 spiro atoms. The van der Waals surface area contributed by atoms with E-state index in [0.29, 0.717) is 29.2 Å². The average molecular weight is 340 g/mol. The predicted molar refractivity (Wildman–Crippen MR) is 95.9 cm³/mol. The third-order valence-electron chi connectivity index (χ3n) is 3.94. The summed E-state index contributed by atoms with van der Waals surface area (Å²) in [6.45, 7) is 2.74. The molecule has 24 heavy (non-hydrogen) atoms. The summed E-state index contributed by atoms with van der Waals surface area (Å²) in [7, 11) is 0. The molecule has 0 saturated carbocycles. The van der Waals surface area contributed by atoms with Crippen molar-refractivity contribution in [2.45, 2.75) is 26.2 Å². The average Bonchev–Trinajstić information content (AvgIpc) is 2.60. The Hall–Kier alpha value is -2.51. The van der Waals surface area contributed by atoms with Gasteiger partial charge in [0.2, 0.25) is 0 Å². The second-order valence-corrected chi connectivity index (χ2v) is 6.16. The van der Waals surface area contributed by atoms with Crippen molar-refractivity contribution in [3.8, 4) is 11.8 Å². The van der Waals surface area contributed by atoms with Crippen molar-refractivity contribution in [3.05, 3.63) is 63.9 Å². The Balaban J connectivity index is 1.85. The molecule has 1 aliphatic heterocycles. The Labute approximate surface area is 146 Å². The summed E-state index contributed by atoms with van der Waals surface area (Å²) in [4.78, 5) is 0. The molecule has 5 heteroatoms. The first-order valence-electron chi connectivity index (χ1n) is 7.90. The van der Waals surface area contributed by atoms with Crippen LogP contribution in [0, 0.1) is 18.3 Å². The van der Waals surface area contributed by atoms with Gasteiger partial charge in [-0.15, -0.1) is 0 Å². The quantitative estimate of drug-likeness (QED) is 0.897. The van der Waals surface area contributed by atoms with E-state index in [-0.39, 0.29) is 0 Å². The molecule has 0 radical (unpaired) electrons. The van der Waals surface area contributed by atoms with Crippen LogP contribution in [-0.4, -0.2) is 12.3 Å². The number of halogens is 1. The van der Waals surface area contributed by atoms with E-state index in [2.05, 4.69) is 22.7 Å². The van der Waals surface area contributed by atoms with E-state index in [1.807, 2.05) is 37.3 Å². The van der Waals surface area contributed by atoms with Gasteiger partial charge >= 0.3 is 0 Å². The van der Waals surface area contributed by atoms with Crippen LogP contribution in [0.4, 0.5) is 0 Å². The van der Waals surface area contributed by atoms with Crippen LogP contribution in [0.5, 0.6) is 5.75 Å². The van der Waals surface area contributed by atoms with Gasteiger partial charge in [0, 0.05) is 6.42 Å². The van der Waals surface area contributed by atoms with E-state index in [4.69, 9.17) is 16.3 Å². The molecule has 1 aromatic rings. The van der Waals surface area contributed by atoms with E-state index in [9.17, 15) is 5.26 Å². The standard InChI is InChI=1S/C19H18ClN3O/c1-13-7-8-14(10-16-5-3-9-22-23-16)11-18(13)24-19-15(12-21)4-2-6-17(19)20/h3,5-8,11,22H,2,4,9-10H2,1H3. The maximum absolute atomic E-state index is 9.29. The number of hydrazone groups is 1. The van der Waals surface area contributed by atoms with Crippen LogP contribution in [0.3, 0.4) is 0 Å². The second kappa shape index (κ2) is 7.37. The van der Waals surface area contributed by atoms with Gasteiger partial charge in [-0.1, -0.05) is 35.9 Å². The summed E-state index contributed by atoms with van der Waals surface area (Å²) in [5.74, 6) is 1.19. The Morgan fingerprint density at radius 3 is 3.04 bits per heavy atom. The Kier molecular flexibility index (Phi) is 5.02. The van der Waals surface area contributed by atoms with E-state index in [0.717, 1.165) is 35.6 Å². The maximum atomic E-state index is 9.29. The lowest BCUT2D eigenvalue weighted by atomic mass is 10.0. The van der Waals surface area contributed by atoms with Crippen LogP contribution >= 0.6 is 11.6 Å². The van der Waals surface area contributed by atoms with Gasteiger partial charge < -0.3 is 10.2 Å². The molecular formula is C19H18ClN3O. The van der Waals surface area contributed by atoms with Crippen molar-refractivity contribution in [2.75, 3.05) is 6.54 Å². The molecule has 0 aromatic heterocycles. The summed E-state index contributed by atoms with van der Waals surface area (Å²) < 4.78 is 6.02. The topological polar surface area (TPSA) is 57.4 Å². The predicted octanol–water partition coefficient (Wildman–Crippen LogP) is 4.13. The highest BCUT2D eigenvalue weighted by molar-refractivity contribution is 6.32. The fourth-order valence-corrected chi connectivity index (χ4v) is 2.89. The van der Waals surface area contributed by atoms with Crippen LogP contribution in [0.25, 0.3) is 0 Å². The first-order valence-corrected chi connectivity index (χ1v) is 8.28. The zero-order chi connectivity index (χ0) is 16.9. The normalized spacial score (nSPS) is 16.9. The zero-order valence-corrected chi connectivity index (χ0v) is 14.2. The molecule has 3 rings (SSSR count). The number of nitriles is 1. The largest absolute Gasteiger partial charge is 0.454 e. The maximum Gasteiger partial charge on any atom is 0.159 e. The third-order valence-corrected chi connectivity index (χ3v) is 4.26. The molecule has 4 nitrogen and oxygen atoms in total. The fraction of sp³-hybridized carbons (Fsp3) is 0.263. The molecule has 1 N–H and O–H groups in total. The number of nitrogens with zero attached hydrogens (tertiary/aromatic N) is 2. The van der Waals surface area contributed by atoms with E-state index >= 15 is 0 Å². The SMILES string of the molecule is Cc1ccc(CC2=NNCC=C2)cc1OC1=C(C#N)CCC=C1Cl. The highest BCUT2D eigenvalue weighted by Crippen LogP contribution is 2.32. The molecule has 1 aliphatic carbocycles. The van der Waals surface area contributed by atoms with Crippen molar-refractivity contribution in [2.24, 2.45) is 5.10 Å². The van der Waals surface area contributed by atoms with E-state index in [1.54, 1.807) is 0 Å². The lowest BCUT2D eigenvalue weighted by Gasteiger charge is -2.17. The number of hydrogen-bond donors (Lipinski definition) is 1. The summed E-state index contributed by atoms with van der Waals surface area (Å²) in [5.41, 5.74) is 6.63. The minimum atomic E-state index is 0.474. The zero-order valence-electron chi connectivity index (χ0n) is 13.5. The van der Waals surface area contributed by atoms with Gasteiger partial charge in [-0.3, -0.25) is 0 Å². The van der Waals surface area contributed by atoms with Crippen molar-refractivity contribution in [3.63, 3.8) is 0 Å². The van der Waals surface area contributed by atoms with Gasteiger partial charge in [-0.2, -0.15) is 10.4 Å². The minimum absolute atomic E-state index is 0.474. The fourth-order valence-electron chi connectivity index (χ4n) is 2.62. The van der Waals surface area contributed by atoms with E-state index in [1.165, 1.54) is 0 Å². The first-order chi connectivity index (χ1) is 11.7. The number of allylic oxidation sites excluding steroid dienone is 4. The lowest BCUT2D eigenvalue weighted by Crippen LogP contribution is -2.15. The number of nitrogens with one attached hydrogen (secondary N) is 1. The Morgan fingerprint density at radius 1 is 1.42 bits per heavy atom. The molecule has 0 fully saturated rings. The summed E-state index contributed by atoms with van der Waals surface area (Å²) in [6, 6.07) is 8.26. The highest BCUT2D eigenvalue weighted by Gasteiger charge is 2.18. The lowest BCUT2D eigenvalue weighted by molar-refractivity contribution is 0.428. The molecule has 0 unspecified atom stereocenters. The third kappa shape index (κ3) is 3.69. The number of ether oxygens (including phenoxy) is 1. The molecule has 0 bridgehead atoms. The summed E-state index contributed by atoms with van der Waals surface area (Å²) in [6.07, 6.45) is 8.11. The van der Waals surface area contributed by atoms with Crippen molar-refractivity contribution < 1.29 is 4.74 Å². The van der Waals surface area contributed by atoms with Gasteiger partial charge in [0.25, 0.3) is 0 Å². The number of benzene rings is 1. The molecule has 2 aliphatic rings. The first kappa shape index (κ1) is 16.4. The van der Waals surface area contributed by atoms with Gasteiger partial charge in [0.1, 0.15) is 5.75 Å². The van der Waals surface area contributed by atoms with Crippen molar-refractivity contribution >= 4 is 17.3 Å². The van der Waals surface area contributed by atoms with Crippen molar-refractivity contribution in [1.82, 2.24) is 5.43 Å². The molecule has 1 heterocycles. The second-order valence-electron chi connectivity index (χ2n) is 5.76. The number of rotatable bonds is 4.